The van der Waals surface area contributed by atoms with Gasteiger partial charge < -0.3 is 14.5 Å². The Kier molecular flexibility index (Phi) is 10.2. The summed E-state index contributed by atoms with van der Waals surface area (Å²) in [5, 5.41) is 6.67. The number of aromatic nitrogens is 4. The van der Waals surface area contributed by atoms with E-state index in [4.69, 9.17) is 0 Å². The van der Waals surface area contributed by atoms with Crippen molar-refractivity contribution in [1.82, 2.24) is 29.4 Å². The number of nitrogens with zero attached hydrogens (tertiary/aromatic N) is 7. The number of ketones is 1. The molecule has 0 saturated carbocycles. The van der Waals surface area contributed by atoms with Crippen LogP contribution in [0.4, 0.5) is 29.6 Å². The number of carbonyl (C=O) groups is 3. The number of allylic oxidation sites excluding steroid dienone is 2. The van der Waals surface area contributed by atoms with Crippen LogP contribution in [0.5, 0.6) is 0 Å². The molecule has 2 amide bonds. The summed E-state index contributed by atoms with van der Waals surface area (Å²) in [5.74, 6) is -0.0114. The second kappa shape index (κ2) is 14.3. The molecule has 2 aliphatic rings. The predicted molar refractivity (Wildman–Crippen MR) is 164 cm³/mol. The van der Waals surface area contributed by atoms with Crippen LogP contribution in [0.1, 0.15) is 50.2 Å². The van der Waals surface area contributed by atoms with Crippen LogP contribution in [0.2, 0.25) is 0 Å². The average Bonchev–Trinajstić information content (AvgIpc) is 3.46. The van der Waals surface area contributed by atoms with Gasteiger partial charge in [-0.15, -0.1) is 5.10 Å². The topological polar surface area (TPSA) is 125 Å². The van der Waals surface area contributed by atoms with Gasteiger partial charge in [0.15, 0.2) is 17.4 Å². The van der Waals surface area contributed by atoms with Gasteiger partial charge in [0.25, 0.3) is 0 Å². The lowest BCUT2D eigenvalue weighted by Gasteiger charge is -2.34. The minimum Gasteiger partial charge on any atom is -0.453 e. The number of halogens is 3. The van der Waals surface area contributed by atoms with Gasteiger partial charge in [0.1, 0.15) is 11.3 Å². The largest absolute Gasteiger partial charge is 0.453 e. The van der Waals surface area contributed by atoms with E-state index in [-0.39, 0.29) is 41.7 Å². The third-order valence-corrected chi connectivity index (χ3v) is 8.09. The minimum atomic E-state index is -4.78. The van der Waals surface area contributed by atoms with Crippen LogP contribution in [0, 0.1) is 0 Å². The van der Waals surface area contributed by atoms with Crippen molar-refractivity contribution in [3.63, 3.8) is 0 Å². The Morgan fingerprint density at radius 3 is 2.43 bits per heavy atom. The number of methoxy groups -OCH3 is 1. The summed E-state index contributed by atoms with van der Waals surface area (Å²) in [5.41, 5.74) is 0.245. The minimum absolute atomic E-state index is 0.0390. The van der Waals surface area contributed by atoms with E-state index in [1.54, 1.807) is 28.6 Å². The number of piperidine rings is 1. The van der Waals surface area contributed by atoms with Crippen molar-refractivity contribution in [2.75, 3.05) is 56.6 Å². The molecule has 0 spiro atoms. The first kappa shape index (κ1) is 32.9. The molecule has 5 heterocycles. The monoisotopic (exact) mass is 642 g/mol. The number of rotatable bonds is 9. The van der Waals surface area contributed by atoms with Gasteiger partial charge >= 0.3 is 12.3 Å². The average molecular weight is 643 g/mol. The Labute approximate surface area is 264 Å². The SMILES string of the molecule is C/C=C\C(=O)CCC(=O)N1CCN(Cc2cc3c(N4CCCCC4)nc(-c4cnc(NC(=O)OC)cc4C(F)(F)F)nn3c2)CC1. The number of alkyl halides is 3. The van der Waals surface area contributed by atoms with Crippen LogP contribution in [0.25, 0.3) is 16.9 Å². The highest BCUT2D eigenvalue weighted by Crippen LogP contribution is 2.38. The van der Waals surface area contributed by atoms with Crippen LogP contribution >= 0.6 is 0 Å². The molecule has 2 saturated heterocycles. The molecule has 12 nitrogen and oxygen atoms in total. The van der Waals surface area contributed by atoms with Gasteiger partial charge in [-0.2, -0.15) is 13.2 Å². The summed E-state index contributed by atoms with van der Waals surface area (Å²) >= 11 is 0. The Balaban J connectivity index is 1.39. The molecule has 15 heteroatoms. The van der Waals surface area contributed by atoms with Gasteiger partial charge in [0, 0.05) is 71.0 Å². The molecular weight excluding hydrogens is 605 g/mol. The Bertz CT molecular complexity index is 1610. The van der Waals surface area contributed by atoms with Crippen LogP contribution in [0.15, 0.2) is 36.7 Å². The first-order valence-corrected chi connectivity index (χ1v) is 15.3. The van der Waals surface area contributed by atoms with E-state index < -0.39 is 17.8 Å². The molecule has 1 N–H and O–H groups in total. The number of fused-ring (bicyclic) bond motifs is 1. The van der Waals surface area contributed by atoms with E-state index in [1.165, 1.54) is 6.08 Å². The smallest absolute Gasteiger partial charge is 0.417 e. The maximum Gasteiger partial charge on any atom is 0.417 e. The van der Waals surface area contributed by atoms with Gasteiger partial charge in [0.05, 0.1) is 18.2 Å². The van der Waals surface area contributed by atoms with Gasteiger partial charge in [0.2, 0.25) is 5.91 Å². The maximum atomic E-state index is 14.3. The molecule has 2 fully saturated rings. The molecule has 5 rings (SSSR count). The molecule has 0 atom stereocenters. The van der Waals surface area contributed by atoms with Crippen molar-refractivity contribution in [2.45, 2.75) is 51.7 Å². The number of nitrogens with one attached hydrogen (secondary N) is 1. The molecule has 46 heavy (non-hydrogen) atoms. The van der Waals surface area contributed by atoms with E-state index in [0.717, 1.165) is 57.3 Å². The number of piperazine rings is 1. The van der Waals surface area contributed by atoms with Crippen molar-refractivity contribution in [3.8, 4) is 11.4 Å². The molecule has 3 aromatic rings. The van der Waals surface area contributed by atoms with Crippen molar-refractivity contribution < 1.29 is 32.3 Å². The van der Waals surface area contributed by atoms with Gasteiger partial charge in [-0.1, -0.05) is 6.08 Å². The third-order valence-electron chi connectivity index (χ3n) is 8.09. The second-order valence-electron chi connectivity index (χ2n) is 11.3. The summed E-state index contributed by atoms with van der Waals surface area (Å²) in [7, 11) is 1.10. The zero-order valence-electron chi connectivity index (χ0n) is 25.8. The van der Waals surface area contributed by atoms with Gasteiger partial charge in [-0.25, -0.2) is 19.3 Å². The quantitative estimate of drug-likeness (QED) is 0.335. The Morgan fingerprint density at radius 1 is 1.02 bits per heavy atom. The number of amides is 2. The number of pyridine rings is 1. The summed E-state index contributed by atoms with van der Waals surface area (Å²) in [4.78, 5) is 50.7. The molecule has 0 aliphatic carbocycles. The maximum absolute atomic E-state index is 14.3. The first-order chi connectivity index (χ1) is 22.0. The molecule has 2 aliphatic heterocycles. The van der Waals surface area contributed by atoms with Crippen molar-refractivity contribution in [1.29, 1.82) is 0 Å². The molecule has 246 valence electrons. The van der Waals surface area contributed by atoms with Crippen LogP contribution in [-0.4, -0.2) is 93.5 Å². The summed E-state index contributed by atoms with van der Waals surface area (Å²) in [6.45, 7) is 6.13. The molecule has 0 aromatic carbocycles. The van der Waals surface area contributed by atoms with Gasteiger partial charge in [-0.05, 0) is 50.0 Å². The highest BCUT2D eigenvalue weighted by Gasteiger charge is 2.36. The van der Waals surface area contributed by atoms with Crippen LogP contribution in [-0.2, 0) is 27.0 Å². The second-order valence-corrected chi connectivity index (χ2v) is 11.3. The number of ether oxygens (including phenoxy) is 1. The van der Waals surface area contributed by atoms with Crippen LogP contribution in [0.3, 0.4) is 0 Å². The van der Waals surface area contributed by atoms with Crippen molar-refractivity contribution in [2.24, 2.45) is 0 Å². The number of anilines is 2. The van der Waals surface area contributed by atoms with Crippen molar-refractivity contribution in [3.05, 3.63) is 47.8 Å². The molecular formula is C31H37F3N8O4. The fourth-order valence-corrected chi connectivity index (χ4v) is 5.74. The van der Waals surface area contributed by atoms with Crippen molar-refractivity contribution >= 4 is 34.9 Å². The normalized spacial score (nSPS) is 16.3. The zero-order chi connectivity index (χ0) is 32.8. The lowest BCUT2D eigenvalue weighted by atomic mass is 10.1. The zero-order valence-corrected chi connectivity index (χ0v) is 25.8. The highest BCUT2D eigenvalue weighted by molar-refractivity contribution is 5.92. The fraction of sp³-hybridized carbons (Fsp3) is 0.484. The van der Waals surface area contributed by atoms with E-state index in [0.29, 0.717) is 44.1 Å². The Morgan fingerprint density at radius 2 is 1.76 bits per heavy atom. The molecule has 3 aromatic heterocycles. The van der Waals surface area contributed by atoms with E-state index in [2.05, 4.69) is 34.9 Å². The summed E-state index contributed by atoms with van der Waals surface area (Å²) in [6, 6.07) is 2.70. The van der Waals surface area contributed by atoms with E-state index >= 15 is 0 Å². The summed E-state index contributed by atoms with van der Waals surface area (Å²) < 4.78 is 48.8. The van der Waals surface area contributed by atoms with Gasteiger partial charge in [-0.3, -0.25) is 19.8 Å². The molecule has 0 unspecified atom stereocenters. The Hall–Kier alpha value is -4.53. The van der Waals surface area contributed by atoms with E-state index in [1.807, 2.05) is 6.07 Å². The first-order valence-electron chi connectivity index (χ1n) is 15.3. The number of carbonyl (C=O) groups excluding carboxylic acids is 3. The predicted octanol–water partition coefficient (Wildman–Crippen LogP) is 4.55. The number of hydrogen-bond acceptors (Lipinski definition) is 9. The standard InChI is InChI=1S/C31H37F3N8O4/c1-3-7-22(43)8-9-27(44)40-14-12-39(13-15-40)19-21-16-25-29(41-10-5-4-6-11-41)37-28(38-42(25)20-21)23-18-35-26(36-30(45)46-2)17-24(23)31(32,33)34/h3,7,16-18,20H,4-6,8-15,19H2,1-2H3,(H,35,36,45)/b7-3-. The molecule has 0 radical (unpaired) electrons. The third kappa shape index (κ3) is 7.81. The fourth-order valence-electron chi connectivity index (χ4n) is 5.74. The van der Waals surface area contributed by atoms with Crippen LogP contribution < -0.4 is 10.2 Å². The number of hydrogen-bond donors (Lipinski definition) is 1. The molecule has 0 bridgehead atoms. The highest BCUT2D eigenvalue weighted by atomic mass is 19.4. The van der Waals surface area contributed by atoms with E-state index in [9.17, 15) is 27.6 Å². The lowest BCUT2D eigenvalue weighted by Crippen LogP contribution is -2.48. The lowest BCUT2D eigenvalue weighted by molar-refractivity contribution is -0.137. The summed E-state index contributed by atoms with van der Waals surface area (Å²) in [6.07, 6.45) is 3.55.